The van der Waals surface area contributed by atoms with Gasteiger partial charge in [0.2, 0.25) is 0 Å². The summed E-state index contributed by atoms with van der Waals surface area (Å²) in [7, 11) is 0. The molecule has 0 aliphatic rings. The van der Waals surface area contributed by atoms with Gasteiger partial charge in [-0.1, -0.05) is 38.5 Å². The molecule has 0 fully saturated rings. The molecule has 0 saturated heterocycles. The van der Waals surface area contributed by atoms with Gasteiger partial charge in [-0.25, -0.2) is 0 Å². The maximum atomic E-state index is 6.06. The molecule has 1 rings (SSSR count). The van der Waals surface area contributed by atoms with Gasteiger partial charge in [0, 0.05) is 10.8 Å². The molecule has 0 aliphatic heterocycles. The number of halogens is 1. The van der Waals surface area contributed by atoms with Gasteiger partial charge in [-0.2, -0.15) is 0 Å². The van der Waals surface area contributed by atoms with Crippen LogP contribution in [0, 0.1) is 5.41 Å². The Morgan fingerprint density at radius 1 is 1.19 bits per heavy atom. The van der Waals surface area contributed by atoms with Gasteiger partial charge in [-0.3, -0.25) is 0 Å². The summed E-state index contributed by atoms with van der Waals surface area (Å²) in [6.07, 6.45) is 3.65. The van der Waals surface area contributed by atoms with E-state index in [1.807, 2.05) is 11.8 Å². The number of thioether (sulfide) groups is 1. The number of rotatable bonds is 7. The first-order valence-electron chi connectivity index (χ1n) is 5.94. The van der Waals surface area contributed by atoms with Crippen LogP contribution in [0.25, 0.3) is 0 Å². The Morgan fingerprint density at radius 3 is 2.44 bits per heavy atom. The van der Waals surface area contributed by atoms with Crippen molar-refractivity contribution in [2.45, 2.75) is 38.0 Å². The summed E-state index contributed by atoms with van der Waals surface area (Å²) in [5.41, 5.74) is 0.318. The van der Waals surface area contributed by atoms with Crippen molar-refractivity contribution in [2.24, 2.45) is 5.41 Å². The van der Waals surface area contributed by atoms with Gasteiger partial charge in [-0.05, 0) is 36.1 Å². The summed E-state index contributed by atoms with van der Waals surface area (Å²) in [6.45, 7) is 4.53. The maximum absolute atomic E-state index is 6.06. The predicted molar refractivity (Wildman–Crippen MR) is 75.5 cm³/mol. The third-order valence-electron chi connectivity index (χ3n) is 2.89. The molecule has 0 saturated carbocycles. The molecule has 1 unspecified atom stereocenters. The average molecular weight is 257 g/mol. The van der Waals surface area contributed by atoms with Gasteiger partial charge in [-0.15, -0.1) is 23.4 Å². The average Bonchev–Trinajstić information content (AvgIpc) is 2.31. The highest BCUT2D eigenvalue weighted by molar-refractivity contribution is 7.99. The second kappa shape index (κ2) is 7.24. The Kier molecular flexibility index (Phi) is 6.30. The molecule has 0 aromatic heterocycles. The normalized spacial score (nSPS) is 14.7. The van der Waals surface area contributed by atoms with E-state index in [0.717, 1.165) is 11.6 Å². The van der Waals surface area contributed by atoms with E-state index in [1.165, 1.54) is 24.2 Å². The summed E-state index contributed by atoms with van der Waals surface area (Å²) >= 11 is 7.99. The number of hydrogen-bond acceptors (Lipinski definition) is 1. The zero-order valence-electron chi connectivity index (χ0n) is 10.2. The van der Waals surface area contributed by atoms with Crippen molar-refractivity contribution >= 4 is 23.4 Å². The first kappa shape index (κ1) is 13.9. The van der Waals surface area contributed by atoms with Gasteiger partial charge >= 0.3 is 0 Å². The van der Waals surface area contributed by atoms with Crippen LogP contribution in [0.15, 0.2) is 35.2 Å². The topological polar surface area (TPSA) is 0 Å². The molecular formula is C14H21ClS. The van der Waals surface area contributed by atoms with Crippen molar-refractivity contribution in [3.63, 3.8) is 0 Å². The van der Waals surface area contributed by atoms with Crippen molar-refractivity contribution in [3.8, 4) is 0 Å². The van der Waals surface area contributed by atoms with Crippen molar-refractivity contribution in [2.75, 3.05) is 11.6 Å². The van der Waals surface area contributed by atoms with Crippen LogP contribution in [-0.2, 0) is 0 Å². The molecule has 0 nitrogen and oxygen atoms in total. The second-order valence-electron chi connectivity index (χ2n) is 4.61. The summed E-state index contributed by atoms with van der Waals surface area (Å²) in [6, 6.07) is 10.6. The molecule has 0 radical (unpaired) electrons. The minimum atomic E-state index is 0.318. The van der Waals surface area contributed by atoms with Gasteiger partial charge in [0.05, 0.1) is 0 Å². The van der Waals surface area contributed by atoms with E-state index in [1.54, 1.807) is 0 Å². The molecule has 0 aliphatic carbocycles. The Balaban J connectivity index is 2.34. The van der Waals surface area contributed by atoms with E-state index in [0.29, 0.717) is 5.41 Å². The lowest BCUT2D eigenvalue weighted by atomic mass is 9.85. The molecule has 16 heavy (non-hydrogen) atoms. The first-order chi connectivity index (χ1) is 7.70. The minimum absolute atomic E-state index is 0.318. The van der Waals surface area contributed by atoms with Crippen LogP contribution >= 0.6 is 23.4 Å². The molecule has 0 N–H and O–H groups in total. The van der Waals surface area contributed by atoms with E-state index in [2.05, 4.69) is 44.2 Å². The van der Waals surface area contributed by atoms with Crippen LogP contribution < -0.4 is 0 Å². The lowest BCUT2D eigenvalue weighted by Crippen LogP contribution is -2.19. The van der Waals surface area contributed by atoms with Gasteiger partial charge in [0.1, 0.15) is 0 Å². The largest absolute Gasteiger partial charge is 0.126 e. The fraction of sp³-hybridized carbons (Fsp3) is 0.571. The van der Waals surface area contributed by atoms with Crippen LogP contribution in [0.4, 0.5) is 0 Å². The number of hydrogen-bond donors (Lipinski definition) is 0. The van der Waals surface area contributed by atoms with Crippen molar-refractivity contribution in [3.05, 3.63) is 30.3 Å². The third kappa shape index (κ3) is 4.80. The Labute approximate surface area is 109 Å². The highest BCUT2D eigenvalue weighted by Gasteiger charge is 2.21. The predicted octanol–water partition coefficient (Wildman–Crippen LogP) is 5.21. The van der Waals surface area contributed by atoms with Gasteiger partial charge in [0.25, 0.3) is 0 Å². The first-order valence-corrected chi connectivity index (χ1v) is 7.46. The van der Waals surface area contributed by atoms with Crippen LogP contribution in [-0.4, -0.2) is 11.6 Å². The highest BCUT2D eigenvalue weighted by Crippen LogP contribution is 2.32. The molecule has 0 heterocycles. The van der Waals surface area contributed by atoms with Crippen molar-refractivity contribution < 1.29 is 0 Å². The SMILES string of the molecule is CCCC(C)(CCl)CCSc1ccccc1. The molecule has 1 aromatic carbocycles. The fourth-order valence-electron chi connectivity index (χ4n) is 1.79. The zero-order valence-corrected chi connectivity index (χ0v) is 11.8. The van der Waals surface area contributed by atoms with E-state index in [4.69, 9.17) is 11.6 Å². The van der Waals surface area contributed by atoms with Crippen LogP contribution in [0.1, 0.15) is 33.1 Å². The monoisotopic (exact) mass is 256 g/mol. The van der Waals surface area contributed by atoms with Gasteiger partial charge < -0.3 is 0 Å². The smallest absolute Gasteiger partial charge is 0.0277 e. The molecule has 1 aromatic rings. The van der Waals surface area contributed by atoms with E-state index < -0.39 is 0 Å². The Hall–Kier alpha value is -0.140. The second-order valence-corrected chi connectivity index (χ2v) is 6.04. The fourth-order valence-corrected chi connectivity index (χ4v) is 3.24. The lowest BCUT2D eigenvalue weighted by molar-refractivity contribution is 0.327. The van der Waals surface area contributed by atoms with Crippen molar-refractivity contribution in [1.82, 2.24) is 0 Å². The zero-order chi connectivity index (χ0) is 11.9. The summed E-state index contributed by atoms with van der Waals surface area (Å²) in [4.78, 5) is 1.36. The highest BCUT2D eigenvalue weighted by atomic mass is 35.5. The van der Waals surface area contributed by atoms with Crippen LogP contribution in [0.5, 0.6) is 0 Å². The van der Waals surface area contributed by atoms with E-state index in [9.17, 15) is 0 Å². The molecule has 0 spiro atoms. The van der Waals surface area contributed by atoms with Crippen molar-refractivity contribution in [1.29, 1.82) is 0 Å². The van der Waals surface area contributed by atoms with Crippen LogP contribution in [0.2, 0.25) is 0 Å². The Morgan fingerprint density at radius 2 is 1.88 bits per heavy atom. The third-order valence-corrected chi connectivity index (χ3v) is 4.55. The summed E-state index contributed by atoms with van der Waals surface area (Å²) in [5, 5.41) is 0. The molecule has 0 bridgehead atoms. The van der Waals surface area contributed by atoms with Gasteiger partial charge in [0.15, 0.2) is 0 Å². The molecule has 90 valence electrons. The van der Waals surface area contributed by atoms with E-state index in [-0.39, 0.29) is 0 Å². The number of benzene rings is 1. The molecular weight excluding hydrogens is 236 g/mol. The molecule has 0 amide bonds. The quantitative estimate of drug-likeness (QED) is 0.476. The summed E-state index contributed by atoms with van der Waals surface area (Å²) in [5.74, 6) is 1.93. The molecule has 1 atom stereocenters. The minimum Gasteiger partial charge on any atom is -0.126 e. The van der Waals surface area contributed by atoms with Crippen LogP contribution in [0.3, 0.4) is 0 Å². The molecule has 2 heteroatoms. The standard InChI is InChI=1S/C14H21ClS/c1-3-9-14(2,12-15)10-11-16-13-7-5-4-6-8-13/h4-8H,3,9-12H2,1-2H3. The van der Waals surface area contributed by atoms with E-state index >= 15 is 0 Å². The maximum Gasteiger partial charge on any atom is 0.0277 e. The lowest BCUT2D eigenvalue weighted by Gasteiger charge is -2.26. The summed E-state index contributed by atoms with van der Waals surface area (Å²) < 4.78 is 0. The Bertz CT molecular complexity index is 286. The number of alkyl halides is 1.